The van der Waals surface area contributed by atoms with Crippen LogP contribution in [0.4, 0.5) is 0 Å². The molecule has 4 heteroatoms. The standard InChI is InChI=1S/C20H36O4/c1-4-5-6-7-8-9-10-15-23-19(21)17-11-13-18(14-12-17)20(22)24-16(2)3/h16-18H,4-15H2,1-3H3. The Morgan fingerprint density at radius 2 is 1.33 bits per heavy atom. The fourth-order valence-corrected chi connectivity index (χ4v) is 3.24. The lowest BCUT2D eigenvalue weighted by molar-refractivity contribution is -0.157. The van der Waals surface area contributed by atoms with Crippen LogP contribution in [-0.2, 0) is 19.1 Å². The summed E-state index contributed by atoms with van der Waals surface area (Å²) in [4.78, 5) is 24.0. The lowest BCUT2D eigenvalue weighted by Crippen LogP contribution is -2.29. The first-order chi connectivity index (χ1) is 11.5. The van der Waals surface area contributed by atoms with Gasteiger partial charge in [0.15, 0.2) is 0 Å². The number of rotatable bonds is 11. The first kappa shape index (κ1) is 21.0. The van der Waals surface area contributed by atoms with Crippen molar-refractivity contribution in [3.8, 4) is 0 Å². The molecule has 1 saturated carbocycles. The highest BCUT2D eigenvalue weighted by atomic mass is 16.5. The molecule has 0 unspecified atom stereocenters. The lowest BCUT2D eigenvalue weighted by Gasteiger charge is -2.26. The Kier molecular flexibility index (Phi) is 10.8. The number of ether oxygens (including phenoxy) is 2. The van der Waals surface area contributed by atoms with Gasteiger partial charge in [-0.05, 0) is 46.0 Å². The van der Waals surface area contributed by atoms with E-state index in [4.69, 9.17) is 9.47 Å². The van der Waals surface area contributed by atoms with Gasteiger partial charge < -0.3 is 9.47 Å². The minimum atomic E-state index is -0.111. The molecule has 1 rings (SSSR count). The SMILES string of the molecule is CCCCCCCCCOC(=O)C1CCC(C(=O)OC(C)C)CC1. The number of hydrogen-bond donors (Lipinski definition) is 0. The molecule has 0 heterocycles. The quantitative estimate of drug-likeness (QED) is 0.390. The molecule has 0 aliphatic heterocycles. The van der Waals surface area contributed by atoms with Crippen molar-refractivity contribution in [2.24, 2.45) is 11.8 Å². The summed E-state index contributed by atoms with van der Waals surface area (Å²) in [6.07, 6.45) is 11.4. The predicted octanol–water partition coefficient (Wildman–Crippen LogP) is 5.04. The van der Waals surface area contributed by atoms with Crippen molar-refractivity contribution >= 4 is 11.9 Å². The summed E-state index contributed by atoms with van der Waals surface area (Å²) in [5, 5.41) is 0. The monoisotopic (exact) mass is 340 g/mol. The summed E-state index contributed by atoms with van der Waals surface area (Å²) in [6, 6.07) is 0. The summed E-state index contributed by atoms with van der Waals surface area (Å²) in [7, 11) is 0. The van der Waals surface area contributed by atoms with Crippen molar-refractivity contribution in [1.29, 1.82) is 0 Å². The Labute approximate surface area is 147 Å². The minimum Gasteiger partial charge on any atom is -0.465 e. The molecule has 24 heavy (non-hydrogen) atoms. The maximum Gasteiger partial charge on any atom is 0.309 e. The third kappa shape index (κ3) is 8.70. The van der Waals surface area contributed by atoms with E-state index in [9.17, 15) is 9.59 Å². The van der Waals surface area contributed by atoms with E-state index in [1.807, 2.05) is 13.8 Å². The second kappa shape index (κ2) is 12.3. The van der Waals surface area contributed by atoms with Crippen molar-refractivity contribution < 1.29 is 19.1 Å². The van der Waals surface area contributed by atoms with Crippen LogP contribution in [0, 0.1) is 11.8 Å². The van der Waals surface area contributed by atoms with E-state index < -0.39 is 0 Å². The van der Waals surface area contributed by atoms with Crippen LogP contribution in [0.15, 0.2) is 0 Å². The zero-order chi connectivity index (χ0) is 17.8. The van der Waals surface area contributed by atoms with E-state index in [0.29, 0.717) is 6.61 Å². The smallest absolute Gasteiger partial charge is 0.309 e. The van der Waals surface area contributed by atoms with Crippen LogP contribution in [0.25, 0.3) is 0 Å². The molecule has 0 N–H and O–H groups in total. The fourth-order valence-electron chi connectivity index (χ4n) is 3.24. The summed E-state index contributed by atoms with van der Waals surface area (Å²) in [5.74, 6) is -0.256. The van der Waals surface area contributed by atoms with Gasteiger partial charge in [0.2, 0.25) is 0 Å². The fraction of sp³-hybridized carbons (Fsp3) is 0.900. The molecule has 1 fully saturated rings. The van der Waals surface area contributed by atoms with Gasteiger partial charge in [-0.3, -0.25) is 9.59 Å². The highest BCUT2D eigenvalue weighted by Gasteiger charge is 2.31. The number of unbranched alkanes of at least 4 members (excludes halogenated alkanes) is 6. The zero-order valence-electron chi connectivity index (χ0n) is 15.9. The lowest BCUT2D eigenvalue weighted by atomic mass is 9.82. The van der Waals surface area contributed by atoms with Gasteiger partial charge >= 0.3 is 11.9 Å². The van der Waals surface area contributed by atoms with E-state index in [0.717, 1.165) is 38.5 Å². The normalized spacial score (nSPS) is 20.8. The van der Waals surface area contributed by atoms with Gasteiger partial charge in [0.1, 0.15) is 0 Å². The summed E-state index contributed by atoms with van der Waals surface area (Å²) in [6.45, 7) is 6.50. The Balaban J connectivity index is 2.08. The van der Waals surface area contributed by atoms with E-state index >= 15 is 0 Å². The molecular weight excluding hydrogens is 304 g/mol. The van der Waals surface area contributed by atoms with Crippen LogP contribution in [0.1, 0.15) is 91.4 Å². The zero-order valence-corrected chi connectivity index (χ0v) is 15.9. The van der Waals surface area contributed by atoms with Crippen molar-refractivity contribution in [3.63, 3.8) is 0 Å². The summed E-state index contributed by atoms with van der Waals surface area (Å²) >= 11 is 0. The molecule has 0 radical (unpaired) electrons. The molecular formula is C20H36O4. The van der Waals surface area contributed by atoms with Crippen LogP contribution in [0.2, 0.25) is 0 Å². The van der Waals surface area contributed by atoms with E-state index in [1.165, 1.54) is 32.1 Å². The Hall–Kier alpha value is -1.06. The molecule has 4 nitrogen and oxygen atoms in total. The van der Waals surface area contributed by atoms with Crippen molar-refractivity contribution in [2.75, 3.05) is 6.61 Å². The minimum absolute atomic E-state index is 0.0299. The van der Waals surface area contributed by atoms with Gasteiger partial charge in [-0.15, -0.1) is 0 Å². The first-order valence-electron chi connectivity index (χ1n) is 9.91. The maximum atomic E-state index is 12.1. The number of carbonyl (C=O) groups is 2. The van der Waals surface area contributed by atoms with E-state index in [1.54, 1.807) is 0 Å². The van der Waals surface area contributed by atoms with Crippen LogP contribution < -0.4 is 0 Å². The molecule has 140 valence electrons. The molecule has 0 bridgehead atoms. The third-order valence-electron chi connectivity index (χ3n) is 4.74. The van der Waals surface area contributed by atoms with Gasteiger partial charge in [-0.1, -0.05) is 45.4 Å². The van der Waals surface area contributed by atoms with Gasteiger partial charge in [0, 0.05) is 0 Å². The van der Waals surface area contributed by atoms with Crippen molar-refractivity contribution in [3.05, 3.63) is 0 Å². The van der Waals surface area contributed by atoms with Gasteiger partial charge in [0.05, 0.1) is 24.5 Å². The van der Waals surface area contributed by atoms with Gasteiger partial charge in [0.25, 0.3) is 0 Å². The van der Waals surface area contributed by atoms with Crippen LogP contribution in [-0.4, -0.2) is 24.6 Å². The van der Waals surface area contributed by atoms with Crippen molar-refractivity contribution in [2.45, 2.75) is 97.5 Å². The Bertz CT molecular complexity index is 357. The average Bonchev–Trinajstić information content (AvgIpc) is 2.56. The topological polar surface area (TPSA) is 52.6 Å². The molecule has 0 amide bonds. The molecule has 1 aliphatic carbocycles. The highest BCUT2D eigenvalue weighted by molar-refractivity contribution is 5.75. The number of esters is 2. The van der Waals surface area contributed by atoms with E-state index in [-0.39, 0.29) is 29.9 Å². The second-order valence-corrected chi connectivity index (χ2v) is 7.32. The molecule has 1 aliphatic rings. The second-order valence-electron chi connectivity index (χ2n) is 7.32. The van der Waals surface area contributed by atoms with Crippen LogP contribution >= 0.6 is 0 Å². The first-order valence-corrected chi connectivity index (χ1v) is 9.91. The third-order valence-corrected chi connectivity index (χ3v) is 4.74. The number of carbonyl (C=O) groups excluding carboxylic acids is 2. The summed E-state index contributed by atoms with van der Waals surface area (Å²) < 4.78 is 10.7. The van der Waals surface area contributed by atoms with Gasteiger partial charge in [-0.2, -0.15) is 0 Å². The molecule has 0 atom stereocenters. The van der Waals surface area contributed by atoms with Crippen molar-refractivity contribution in [1.82, 2.24) is 0 Å². The average molecular weight is 341 g/mol. The molecule has 0 spiro atoms. The van der Waals surface area contributed by atoms with Crippen LogP contribution in [0.5, 0.6) is 0 Å². The molecule has 0 aromatic carbocycles. The molecule has 0 aromatic heterocycles. The number of hydrogen-bond acceptors (Lipinski definition) is 4. The Morgan fingerprint density at radius 3 is 1.88 bits per heavy atom. The highest BCUT2D eigenvalue weighted by Crippen LogP contribution is 2.30. The van der Waals surface area contributed by atoms with Crippen LogP contribution in [0.3, 0.4) is 0 Å². The largest absolute Gasteiger partial charge is 0.465 e. The summed E-state index contributed by atoms with van der Waals surface area (Å²) in [5.41, 5.74) is 0. The van der Waals surface area contributed by atoms with Gasteiger partial charge in [-0.25, -0.2) is 0 Å². The molecule has 0 aromatic rings. The molecule has 0 saturated heterocycles. The van der Waals surface area contributed by atoms with E-state index in [2.05, 4.69) is 6.92 Å². The maximum absolute atomic E-state index is 12.1. The Morgan fingerprint density at radius 1 is 0.833 bits per heavy atom. The predicted molar refractivity (Wildman–Crippen MR) is 95.6 cm³/mol.